The van der Waals surface area contributed by atoms with E-state index < -0.39 is 0 Å². The molecule has 0 saturated heterocycles. The topological polar surface area (TPSA) is 29.5 Å². The SMILES string of the molecule is COc1ccc(N(Cc2ccccc2)C(=O)CCl)cc1. The van der Waals surface area contributed by atoms with Gasteiger partial charge in [0, 0.05) is 5.69 Å². The first-order valence-corrected chi connectivity index (χ1v) is 6.82. The Morgan fingerprint density at radius 3 is 2.30 bits per heavy atom. The van der Waals surface area contributed by atoms with Crippen molar-refractivity contribution in [3.8, 4) is 5.75 Å². The third-order valence-electron chi connectivity index (χ3n) is 2.98. The van der Waals surface area contributed by atoms with E-state index in [2.05, 4.69) is 0 Å². The van der Waals surface area contributed by atoms with E-state index >= 15 is 0 Å². The van der Waals surface area contributed by atoms with Crippen molar-refractivity contribution in [2.45, 2.75) is 6.54 Å². The Kier molecular flexibility index (Phi) is 5.02. The van der Waals surface area contributed by atoms with Crippen LogP contribution in [0.5, 0.6) is 5.75 Å². The number of methoxy groups -OCH3 is 1. The average Bonchev–Trinajstić information content (AvgIpc) is 2.53. The molecule has 1 amide bonds. The number of halogens is 1. The van der Waals surface area contributed by atoms with Crippen LogP contribution in [0.4, 0.5) is 5.69 Å². The van der Waals surface area contributed by atoms with Crippen molar-refractivity contribution in [2.24, 2.45) is 0 Å². The lowest BCUT2D eigenvalue weighted by Crippen LogP contribution is -2.31. The number of alkyl halides is 1. The van der Waals surface area contributed by atoms with E-state index in [-0.39, 0.29) is 11.8 Å². The number of carbonyl (C=O) groups is 1. The third kappa shape index (κ3) is 3.52. The van der Waals surface area contributed by atoms with Crippen molar-refractivity contribution < 1.29 is 9.53 Å². The second-order valence-corrected chi connectivity index (χ2v) is 4.56. The van der Waals surface area contributed by atoms with Gasteiger partial charge in [0.1, 0.15) is 11.6 Å². The third-order valence-corrected chi connectivity index (χ3v) is 3.21. The molecule has 0 spiro atoms. The first kappa shape index (κ1) is 14.4. The highest BCUT2D eigenvalue weighted by Crippen LogP contribution is 2.21. The van der Waals surface area contributed by atoms with Crippen LogP contribution in [0, 0.1) is 0 Å². The van der Waals surface area contributed by atoms with E-state index in [1.54, 1.807) is 12.0 Å². The Bertz CT molecular complexity index is 554. The molecule has 0 aliphatic heterocycles. The summed E-state index contributed by atoms with van der Waals surface area (Å²) in [6, 6.07) is 17.2. The van der Waals surface area contributed by atoms with Crippen LogP contribution in [0.3, 0.4) is 0 Å². The van der Waals surface area contributed by atoms with Gasteiger partial charge in [-0.3, -0.25) is 4.79 Å². The lowest BCUT2D eigenvalue weighted by molar-refractivity contribution is -0.116. The molecule has 104 valence electrons. The molecule has 0 heterocycles. The second kappa shape index (κ2) is 6.96. The monoisotopic (exact) mass is 289 g/mol. The van der Waals surface area contributed by atoms with Gasteiger partial charge in [-0.2, -0.15) is 0 Å². The van der Waals surface area contributed by atoms with E-state index in [0.717, 1.165) is 17.0 Å². The fourth-order valence-corrected chi connectivity index (χ4v) is 2.07. The molecule has 0 saturated carbocycles. The van der Waals surface area contributed by atoms with Crippen molar-refractivity contribution in [2.75, 3.05) is 17.9 Å². The lowest BCUT2D eigenvalue weighted by atomic mass is 10.2. The summed E-state index contributed by atoms with van der Waals surface area (Å²) in [5.74, 6) is 0.589. The van der Waals surface area contributed by atoms with Gasteiger partial charge in [0.15, 0.2) is 0 Å². The van der Waals surface area contributed by atoms with Crippen LogP contribution in [0.1, 0.15) is 5.56 Å². The number of ether oxygens (including phenoxy) is 1. The minimum Gasteiger partial charge on any atom is -0.497 e. The molecule has 4 heteroatoms. The highest BCUT2D eigenvalue weighted by Gasteiger charge is 2.15. The number of rotatable bonds is 5. The van der Waals surface area contributed by atoms with Crippen molar-refractivity contribution in [3.63, 3.8) is 0 Å². The molecule has 0 fully saturated rings. The zero-order valence-corrected chi connectivity index (χ0v) is 12.0. The molecule has 3 nitrogen and oxygen atoms in total. The largest absolute Gasteiger partial charge is 0.497 e. The zero-order chi connectivity index (χ0) is 14.4. The molecule has 0 radical (unpaired) electrons. The fraction of sp³-hybridized carbons (Fsp3) is 0.188. The number of nitrogens with zero attached hydrogens (tertiary/aromatic N) is 1. The van der Waals surface area contributed by atoms with Gasteiger partial charge in [-0.05, 0) is 29.8 Å². The number of benzene rings is 2. The maximum atomic E-state index is 12.0. The van der Waals surface area contributed by atoms with Crippen molar-refractivity contribution in [1.29, 1.82) is 0 Å². The van der Waals surface area contributed by atoms with Crippen LogP contribution in [0.25, 0.3) is 0 Å². The predicted molar refractivity (Wildman–Crippen MR) is 81.3 cm³/mol. The van der Waals surface area contributed by atoms with E-state index in [0.29, 0.717) is 6.54 Å². The number of hydrogen-bond donors (Lipinski definition) is 0. The molecule has 2 aromatic carbocycles. The average molecular weight is 290 g/mol. The van der Waals surface area contributed by atoms with Crippen LogP contribution < -0.4 is 9.64 Å². The summed E-state index contributed by atoms with van der Waals surface area (Å²) in [7, 11) is 1.61. The van der Waals surface area contributed by atoms with Crippen LogP contribution in [-0.4, -0.2) is 18.9 Å². The fourth-order valence-electron chi connectivity index (χ4n) is 1.92. The smallest absolute Gasteiger partial charge is 0.242 e. The molecule has 0 bridgehead atoms. The molecule has 2 rings (SSSR count). The van der Waals surface area contributed by atoms with E-state index in [4.69, 9.17) is 16.3 Å². The zero-order valence-electron chi connectivity index (χ0n) is 11.3. The number of anilines is 1. The lowest BCUT2D eigenvalue weighted by Gasteiger charge is -2.22. The van der Waals surface area contributed by atoms with Gasteiger partial charge < -0.3 is 9.64 Å². The van der Waals surface area contributed by atoms with Gasteiger partial charge in [0.2, 0.25) is 5.91 Å². The Balaban J connectivity index is 2.25. The van der Waals surface area contributed by atoms with E-state index in [1.165, 1.54) is 0 Å². The van der Waals surface area contributed by atoms with Gasteiger partial charge in [-0.1, -0.05) is 30.3 Å². The van der Waals surface area contributed by atoms with Crippen LogP contribution in [-0.2, 0) is 11.3 Å². The molecule has 20 heavy (non-hydrogen) atoms. The number of amides is 1. The minimum absolute atomic E-state index is 0.0428. The summed E-state index contributed by atoms with van der Waals surface area (Å²) >= 11 is 5.71. The Morgan fingerprint density at radius 2 is 1.75 bits per heavy atom. The number of hydrogen-bond acceptors (Lipinski definition) is 2. The summed E-state index contributed by atoms with van der Waals surface area (Å²) in [6.45, 7) is 0.499. The highest BCUT2D eigenvalue weighted by molar-refractivity contribution is 6.29. The second-order valence-electron chi connectivity index (χ2n) is 4.30. The number of carbonyl (C=O) groups excluding carboxylic acids is 1. The van der Waals surface area contributed by atoms with Crippen molar-refractivity contribution >= 4 is 23.2 Å². The van der Waals surface area contributed by atoms with Crippen LogP contribution in [0.2, 0.25) is 0 Å². The normalized spacial score (nSPS) is 10.1. The minimum atomic E-state index is -0.124. The Labute approximate surface area is 123 Å². The molecular formula is C16H16ClNO2. The summed E-state index contributed by atoms with van der Waals surface area (Å²) < 4.78 is 5.12. The molecule has 0 aliphatic rings. The standard InChI is InChI=1S/C16H16ClNO2/c1-20-15-9-7-14(8-10-15)18(16(19)11-17)12-13-5-3-2-4-6-13/h2-10H,11-12H2,1H3. The van der Waals surface area contributed by atoms with Gasteiger partial charge in [0.25, 0.3) is 0 Å². The quantitative estimate of drug-likeness (QED) is 0.789. The summed E-state index contributed by atoms with van der Waals surface area (Å²) in [5, 5.41) is 0. The maximum Gasteiger partial charge on any atom is 0.242 e. The summed E-state index contributed by atoms with van der Waals surface area (Å²) in [4.78, 5) is 13.7. The maximum absolute atomic E-state index is 12.0. The molecule has 2 aromatic rings. The van der Waals surface area contributed by atoms with Gasteiger partial charge >= 0.3 is 0 Å². The molecule has 0 aromatic heterocycles. The highest BCUT2D eigenvalue weighted by atomic mass is 35.5. The Hall–Kier alpha value is -2.00. The van der Waals surface area contributed by atoms with Crippen LogP contribution in [0.15, 0.2) is 54.6 Å². The first-order valence-electron chi connectivity index (χ1n) is 6.29. The molecule has 0 unspecified atom stereocenters. The van der Waals surface area contributed by atoms with E-state index in [1.807, 2.05) is 54.6 Å². The molecular weight excluding hydrogens is 274 g/mol. The molecule has 0 atom stereocenters. The molecule has 0 N–H and O–H groups in total. The van der Waals surface area contributed by atoms with Gasteiger partial charge in [-0.25, -0.2) is 0 Å². The van der Waals surface area contributed by atoms with Gasteiger partial charge in [-0.15, -0.1) is 11.6 Å². The van der Waals surface area contributed by atoms with Crippen molar-refractivity contribution in [1.82, 2.24) is 0 Å². The van der Waals surface area contributed by atoms with Crippen LogP contribution >= 0.6 is 11.6 Å². The van der Waals surface area contributed by atoms with Crippen molar-refractivity contribution in [3.05, 3.63) is 60.2 Å². The summed E-state index contributed by atoms with van der Waals surface area (Å²) in [5.41, 5.74) is 1.86. The summed E-state index contributed by atoms with van der Waals surface area (Å²) in [6.07, 6.45) is 0. The predicted octanol–water partition coefficient (Wildman–Crippen LogP) is 3.47. The van der Waals surface area contributed by atoms with E-state index in [9.17, 15) is 4.79 Å². The molecule has 0 aliphatic carbocycles. The van der Waals surface area contributed by atoms with Gasteiger partial charge in [0.05, 0.1) is 13.7 Å². The Morgan fingerprint density at radius 1 is 1.10 bits per heavy atom. The first-order chi connectivity index (χ1) is 9.74.